The van der Waals surface area contributed by atoms with Gasteiger partial charge in [0.25, 0.3) is 5.91 Å². The minimum Gasteiger partial charge on any atom is -0.331 e. The van der Waals surface area contributed by atoms with Crippen molar-refractivity contribution in [3.63, 3.8) is 0 Å². The Morgan fingerprint density at radius 3 is 2.56 bits per heavy atom. The molecule has 4 aliphatic rings. The van der Waals surface area contributed by atoms with Crippen molar-refractivity contribution in [1.29, 1.82) is 0 Å². The Labute approximate surface area is 187 Å². The molecule has 1 aliphatic heterocycles. The van der Waals surface area contributed by atoms with E-state index in [0.29, 0.717) is 6.42 Å². The number of hydrogen-bond acceptors (Lipinski definition) is 3. The third kappa shape index (κ3) is 2.89. The molecule has 6 rings (SSSR count). The highest BCUT2D eigenvalue weighted by Gasteiger charge is 2.56. The van der Waals surface area contributed by atoms with Crippen LogP contribution in [0.3, 0.4) is 0 Å². The van der Waals surface area contributed by atoms with Crippen LogP contribution in [0, 0.1) is 0 Å². The molecular formula is C26H27N3O3. The Bertz CT molecular complexity index is 1120. The normalized spacial score (nSPS) is 26.1. The zero-order valence-corrected chi connectivity index (χ0v) is 18.0. The molecule has 1 heterocycles. The van der Waals surface area contributed by atoms with Gasteiger partial charge in [-0.15, -0.1) is 0 Å². The molecule has 2 aromatic rings. The van der Waals surface area contributed by atoms with Gasteiger partial charge < -0.3 is 10.2 Å². The van der Waals surface area contributed by atoms with Crippen LogP contribution in [0.25, 0.3) is 0 Å². The number of rotatable bonds is 4. The second kappa shape index (κ2) is 7.19. The van der Waals surface area contributed by atoms with Crippen molar-refractivity contribution < 1.29 is 14.4 Å². The first-order chi connectivity index (χ1) is 15.6. The summed E-state index contributed by atoms with van der Waals surface area (Å²) in [5.74, 6) is -0.415. The van der Waals surface area contributed by atoms with E-state index in [9.17, 15) is 14.4 Å². The Balaban J connectivity index is 1.27. The summed E-state index contributed by atoms with van der Waals surface area (Å²) in [4.78, 5) is 43.1. The molecule has 6 heteroatoms. The fourth-order valence-corrected chi connectivity index (χ4v) is 5.95. The predicted octanol–water partition coefficient (Wildman–Crippen LogP) is 3.45. The first-order valence-electron chi connectivity index (χ1n) is 11.7. The van der Waals surface area contributed by atoms with Crippen molar-refractivity contribution >= 4 is 17.8 Å². The fraction of sp³-hybridized carbons (Fsp3) is 0.423. The van der Waals surface area contributed by atoms with Crippen molar-refractivity contribution in [3.8, 4) is 0 Å². The SMILES string of the molecule is O=C1NC2(CCc3ccccc32)C(=O)N1CC(=O)N(C1CC1)C1CCCc2ccccc21. The summed E-state index contributed by atoms with van der Waals surface area (Å²) in [6.45, 7) is -0.191. The molecule has 2 atom stereocenters. The molecule has 2 unspecified atom stereocenters. The van der Waals surface area contributed by atoms with Gasteiger partial charge in [-0.2, -0.15) is 0 Å². The van der Waals surface area contributed by atoms with E-state index < -0.39 is 11.6 Å². The summed E-state index contributed by atoms with van der Waals surface area (Å²) in [5, 5.41) is 2.94. The number of carbonyl (C=O) groups excluding carboxylic acids is 3. The van der Waals surface area contributed by atoms with Gasteiger partial charge >= 0.3 is 6.03 Å². The number of hydrogen-bond donors (Lipinski definition) is 1. The van der Waals surface area contributed by atoms with Crippen LogP contribution < -0.4 is 5.32 Å². The quantitative estimate of drug-likeness (QED) is 0.757. The summed E-state index contributed by atoms with van der Waals surface area (Å²) in [6.07, 6.45) is 6.27. The van der Waals surface area contributed by atoms with Crippen LogP contribution in [0.2, 0.25) is 0 Å². The van der Waals surface area contributed by atoms with Gasteiger partial charge in [0.1, 0.15) is 12.1 Å². The molecule has 1 spiro atoms. The maximum Gasteiger partial charge on any atom is 0.325 e. The van der Waals surface area contributed by atoms with Gasteiger partial charge in [0.05, 0.1) is 6.04 Å². The van der Waals surface area contributed by atoms with Crippen LogP contribution in [0.15, 0.2) is 48.5 Å². The summed E-state index contributed by atoms with van der Waals surface area (Å²) in [6, 6.07) is 15.9. The van der Waals surface area contributed by atoms with Crippen molar-refractivity contribution in [3.05, 3.63) is 70.8 Å². The zero-order valence-electron chi connectivity index (χ0n) is 18.0. The maximum atomic E-state index is 13.6. The van der Waals surface area contributed by atoms with Gasteiger partial charge in [0, 0.05) is 6.04 Å². The van der Waals surface area contributed by atoms with Crippen LogP contribution >= 0.6 is 0 Å². The summed E-state index contributed by atoms with van der Waals surface area (Å²) in [7, 11) is 0. The maximum absolute atomic E-state index is 13.6. The van der Waals surface area contributed by atoms with Crippen molar-refractivity contribution in [2.45, 2.75) is 62.6 Å². The van der Waals surface area contributed by atoms with Gasteiger partial charge in [-0.05, 0) is 67.2 Å². The van der Waals surface area contributed by atoms with Crippen LogP contribution in [0.4, 0.5) is 4.79 Å². The largest absolute Gasteiger partial charge is 0.331 e. The lowest BCUT2D eigenvalue weighted by Crippen LogP contribution is -2.47. The molecule has 0 aromatic heterocycles. The first kappa shape index (κ1) is 19.5. The van der Waals surface area contributed by atoms with Crippen molar-refractivity contribution in [1.82, 2.24) is 15.1 Å². The molecule has 0 radical (unpaired) electrons. The van der Waals surface area contributed by atoms with Crippen LogP contribution in [-0.4, -0.2) is 40.2 Å². The average molecular weight is 430 g/mol. The van der Waals surface area contributed by atoms with Gasteiger partial charge in [-0.25, -0.2) is 4.79 Å². The van der Waals surface area contributed by atoms with Gasteiger partial charge in [0.2, 0.25) is 5.91 Å². The smallest absolute Gasteiger partial charge is 0.325 e. The highest BCUT2D eigenvalue weighted by atomic mass is 16.2. The van der Waals surface area contributed by atoms with E-state index in [0.717, 1.165) is 54.6 Å². The molecule has 2 aromatic carbocycles. The topological polar surface area (TPSA) is 69.7 Å². The number of imide groups is 1. The molecule has 1 N–H and O–H groups in total. The van der Waals surface area contributed by atoms with E-state index in [-0.39, 0.29) is 30.4 Å². The zero-order chi connectivity index (χ0) is 21.9. The lowest BCUT2D eigenvalue weighted by atomic mass is 9.86. The van der Waals surface area contributed by atoms with Gasteiger partial charge in [0.15, 0.2) is 0 Å². The number of fused-ring (bicyclic) bond motifs is 3. The molecule has 4 amide bonds. The molecule has 6 nitrogen and oxygen atoms in total. The number of nitrogens with zero attached hydrogens (tertiary/aromatic N) is 2. The summed E-state index contributed by atoms with van der Waals surface area (Å²) >= 11 is 0. The molecular weight excluding hydrogens is 402 g/mol. The highest BCUT2D eigenvalue weighted by Crippen LogP contribution is 2.43. The minimum absolute atomic E-state index is 0.0295. The third-order valence-electron chi connectivity index (χ3n) is 7.62. The number of nitrogens with one attached hydrogen (secondary N) is 1. The standard InChI is InChI=1S/C26H27N3O3/c30-23(29(19-12-13-19)22-11-5-8-17-6-1-3-9-20(17)22)16-28-24(31)26(27-25(28)32)15-14-18-7-2-4-10-21(18)26/h1-4,6-7,9-10,19,22H,5,8,11-16H2,(H,27,32). The number of benzene rings is 2. The molecule has 164 valence electrons. The second-order valence-electron chi connectivity index (χ2n) is 9.52. The van der Waals surface area contributed by atoms with E-state index in [4.69, 9.17) is 0 Å². The number of amides is 4. The van der Waals surface area contributed by atoms with E-state index in [1.807, 2.05) is 35.2 Å². The third-order valence-corrected chi connectivity index (χ3v) is 7.62. The van der Waals surface area contributed by atoms with E-state index >= 15 is 0 Å². The number of aryl methyl sites for hydroxylation is 2. The lowest BCUT2D eigenvalue weighted by molar-refractivity contribution is -0.141. The predicted molar refractivity (Wildman–Crippen MR) is 119 cm³/mol. The average Bonchev–Trinajstić information content (AvgIpc) is 3.54. The minimum atomic E-state index is -1.02. The first-order valence-corrected chi connectivity index (χ1v) is 11.7. The van der Waals surface area contributed by atoms with Gasteiger partial charge in [-0.3, -0.25) is 14.5 Å². The number of carbonyl (C=O) groups is 3. The molecule has 3 aliphatic carbocycles. The van der Waals surface area contributed by atoms with E-state index in [2.05, 4.69) is 23.5 Å². The molecule has 0 bridgehead atoms. The highest BCUT2D eigenvalue weighted by molar-refractivity contribution is 6.10. The monoisotopic (exact) mass is 429 g/mol. The van der Waals surface area contributed by atoms with Crippen LogP contribution in [-0.2, 0) is 28.0 Å². The van der Waals surface area contributed by atoms with E-state index in [1.54, 1.807) is 0 Å². The molecule has 32 heavy (non-hydrogen) atoms. The van der Waals surface area contributed by atoms with Crippen molar-refractivity contribution in [2.24, 2.45) is 0 Å². The Morgan fingerprint density at radius 1 is 1.00 bits per heavy atom. The number of urea groups is 1. The fourth-order valence-electron chi connectivity index (χ4n) is 5.95. The van der Waals surface area contributed by atoms with Crippen molar-refractivity contribution in [2.75, 3.05) is 6.54 Å². The molecule has 1 saturated heterocycles. The lowest BCUT2D eigenvalue weighted by Gasteiger charge is -2.37. The Kier molecular flexibility index (Phi) is 4.39. The Hall–Kier alpha value is -3.15. The van der Waals surface area contributed by atoms with Crippen LogP contribution in [0.1, 0.15) is 60.4 Å². The van der Waals surface area contributed by atoms with Crippen LogP contribution in [0.5, 0.6) is 0 Å². The van der Waals surface area contributed by atoms with Gasteiger partial charge in [-0.1, -0.05) is 48.5 Å². The second-order valence-corrected chi connectivity index (χ2v) is 9.52. The summed E-state index contributed by atoms with van der Waals surface area (Å²) in [5.41, 5.74) is 3.47. The molecule has 1 saturated carbocycles. The Morgan fingerprint density at radius 2 is 1.75 bits per heavy atom. The summed E-state index contributed by atoms with van der Waals surface area (Å²) < 4.78 is 0. The van der Waals surface area contributed by atoms with E-state index in [1.165, 1.54) is 11.1 Å². The molecule has 2 fully saturated rings.